The van der Waals surface area contributed by atoms with Crippen LogP contribution in [0.15, 0.2) is 12.1 Å². The van der Waals surface area contributed by atoms with E-state index in [9.17, 15) is 4.79 Å². The molecule has 1 aromatic rings. The number of hydrogen-bond acceptors (Lipinski definition) is 3. The van der Waals surface area contributed by atoms with E-state index in [1.807, 2.05) is 0 Å². The topological polar surface area (TPSA) is 61.6 Å². The number of halogens is 1. The van der Waals surface area contributed by atoms with Gasteiger partial charge in [-0.15, -0.1) is 0 Å². The second-order valence-electron chi connectivity index (χ2n) is 6.91. The fourth-order valence-electron chi connectivity index (χ4n) is 3.62. The molecule has 0 heterocycles. The average molecular weight is 352 g/mol. The molecule has 0 unspecified atom stereocenters. The maximum atomic E-state index is 11.6. The molecule has 5 heteroatoms. The van der Waals surface area contributed by atoms with Gasteiger partial charge in [-0.3, -0.25) is 4.79 Å². The quantitative estimate of drug-likeness (QED) is 0.823. The zero-order valence-corrected chi connectivity index (χ0v) is 14.8. The Balaban J connectivity index is 1.84. The number of nitrogens with two attached hydrogens (primary N) is 1. The van der Waals surface area contributed by atoms with Gasteiger partial charge < -0.3 is 15.2 Å². The van der Waals surface area contributed by atoms with Gasteiger partial charge in [0.05, 0.1) is 17.2 Å². The lowest BCUT2D eigenvalue weighted by Crippen LogP contribution is -2.23. The molecule has 0 aromatic heterocycles. The molecule has 0 saturated heterocycles. The lowest BCUT2D eigenvalue weighted by atomic mass is 9.97. The first-order chi connectivity index (χ1) is 11.6. The lowest BCUT2D eigenvalue weighted by Gasteiger charge is -2.28. The highest BCUT2D eigenvalue weighted by Gasteiger charge is 2.23. The van der Waals surface area contributed by atoms with Gasteiger partial charge in [0.2, 0.25) is 5.91 Å². The highest BCUT2D eigenvalue weighted by Crippen LogP contribution is 2.40. The molecule has 2 aliphatic rings. The van der Waals surface area contributed by atoms with E-state index in [-0.39, 0.29) is 12.2 Å². The number of benzene rings is 1. The van der Waals surface area contributed by atoms with E-state index in [0.29, 0.717) is 22.1 Å². The summed E-state index contributed by atoms with van der Waals surface area (Å²) in [7, 11) is 0. The minimum Gasteiger partial charge on any atom is -0.486 e. The summed E-state index contributed by atoms with van der Waals surface area (Å²) in [5.41, 5.74) is 5.79. The van der Waals surface area contributed by atoms with Crippen molar-refractivity contribution in [3.05, 3.63) is 22.7 Å². The van der Waals surface area contributed by atoms with Crippen molar-refractivity contribution in [2.75, 3.05) is 0 Å². The molecule has 0 atom stereocenters. The van der Waals surface area contributed by atoms with Gasteiger partial charge in [0.1, 0.15) is 0 Å². The fraction of sp³-hybridized carbons (Fsp3) is 0.632. The molecule has 132 valence electrons. The summed E-state index contributed by atoms with van der Waals surface area (Å²) in [6, 6.07) is 3.26. The van der Waals surface area contributed by atoms with Crippen molar-refractivity contribution in [2.45, 2.75) is 76.4 Å². The Kier molecular flexibility index (Phi) is 5.88. The number of carbonyl (C=O) groups excluding carboxylic acids is 1. The normalized spacial score (nSPS) is 19.9. The summed E-state index contributed by atoms with van der Waals surface area (Å²) in [4.78, 5) is 11.6. The number of ether oxygens (including phenoxy) is 2. The maximum Gasteiger partial charge on any atom is 0.248 e. The van der Waals surface area contributed by atoms with E-state index in [1.165, 1.54) is 38.5 Å². The van der Waals surface area contributed by atoms with Gasteiger partial charge in [-0.2, -0.15) is 0 Å². The van der Waals surface area contributed by atoms with E-state index in [0.717, 1.165) is 25.7 Å². The SMILES string of the molecule is NC(=O)c1cc(Cl)c(OC2CCCCC2)c(OC2CCCCC2)c1. The fourth-order valence-corrected chi connectivity index (χ4v) is 3.88. The zero-order chi connectivity index (χ0) is 16.9. The van der Waals surface area contributed by atoms with Crippen LogP contribution in [0.4, 0.5) is 0 Å². The Hall–Kier alpha value is -1.42. The molecule has 0 spiro atoms. The molecule has 2 aliphatic carbocycles. The van der Waals surface area contributed by atoms with Gasteiger partial charge in [-0.25, -0.2) is 0 Å². The van der Waals surface area contributed by atoms with Crippen LogP contribution in [-0.2, 0) is 0 Å². The molecule has 24 heavy (non-hydrogen) atoms. The van der Waals surface area contributed by atoms with E-state index >= 15 is 0 Å². The molecule has 1 amide bonds. The first-order valence-electron chi connectivity index (χ1n) is 9.10. The van der Waals surface area contributed by atoms with Crippen LogP contribution in [0.25, 0.3) is 0 Å². The highest BCUT2D eigenvalue weighted by atomic mass is 35.5. The van der Waals surface area contributed by atoms with Crippen LogP contribution >= 0.6 is 11.6 Å². The molecular weight excluding hydrogens is 326 g/mol. The Bertz CT molecular complexity index is 578. The van der Waals surface area contributed by atoms with Gasteiger partial charge in [0.15, 0.2) is 11.5 Å². The second-order valence-corrected chi connectivity index (χ2v) is 7.31. The molecule has 2 saturated carbocycles. The van der Waals surface area contributed by atoms with Crippen molar-refractivity contribution in [1.82, 2.24) is 0 Å². The summed E-state index contributed by atoms with van der Waals surface area (Å²) in [6.07, 6.45) is 11.7. The Morgan fingerprint density at radius 2 is 1.46 bits per heavy atom. The summed E-state index contributed by atoms with van der Waals surface area (Å²) >= 11 is 6.40. The number of amides is 1. The molecular formula is C19H26ClNO3. The molecule has 2 fully saturated rings. The smallest absolute Gasteiger partial charge is 0.248 e. The molecule has 0 aliphatic heterocycles. The van der Waals surface area contributed by atoms with Crippen LogP contribution in [0.2, 0.25) is 5.02 Å². The average Bonchev–Trinajstić information content (AvgIpc) is 2.59. The minimum atomic E-state index is -0.505. The van der Waals surface area contributed by atoms with Crippen LogP contribution < -0.4 is 15.2 Å². The van der Waals surface area contributed by atoms with E-state index in [2.05, 4.69) is 0 Å². The third-order valence-electron chi connectivity index (χ3n) is 4.98. The Morgan fingerprint density at radius 1 is 0.917 bits per heavy atom. The van der Waals surface area contributed by atoms with E-state index in [1.54, 1.807) is 12.1 Å². The molecule has 4 nitrogen and oxygen atoms in total. The number of rotatable bonds is 5. The van der Waals surface area contributed by atoms with Gasteiger partial charge in [0, 0.05) is 5.56 Å². The highest BCUT2D eigenvalue weighted by molar-refractivity contribution is 6.32. The maximum absolute atomic E-state index is 11.6. The van der Waals surface area contributed by atoms with Gasteiger partial charge in [0.25, 0.3) is 0 Å². The van der Waals surface area contributed by atoms with Crippen molar-refractivity contribution in [3.63, 3.8) is 0 Å². The first-order valence-corrected chi connectivity index (χ1v) is 9.48. The summed E-state index contributed by atoms with van der Waals surface area (Å²) in [5, 5.41) is 0.405. The van der Waals surface area contributed by atoms with Crippen molar-refractivity contribution in [1.29, 1.82) is 0 Å². The molecule has 2 N–H and O–H groups in total. The van der Waals surface area contributed by atoms with Crippen LogP contribution in [0.3, 0.4) is 0 Å². The van der Waals surface area contributed by atoms with Crippen LogP contribution in [-0.4, -0.2) is 18.1 Å². The van der Waals surface area contributed by atoms with E-state index < -0.39 is 5.91 Å². The predicted molar refractivity (Wildman–Crippen MR) is 95.0 cm³/mol. The monoisotopic (exact) mass is 351 g/mol. The minimum absolute atomic E-state index is 0.159. The third kappa shape index (κ3) is 4.35. The predicted octanol–water partition coefficient (Wildman–Crippen LogP) is 4.86. The van der Waals surface area contributed by atoms with E-state index in [4.69, 9.17) is 26.8 Å². The summed E-state index contributed by atoms with van der Waals surface area (Å²) in [6.45, 7) is 0. The first kappa shape index (κ1) is 17.4. The lowest BCUT2D eigenvalue weighted by molar-refractivity contribution is 0.0997. The molecule has 0 bridgehead atoms. The number of primary amides is 1. The number of carbonyl (C=O) groups is 1. The molecule has 0 radical (unpaired) electrons. The van der Waals surface area contributed by atoms with Crippen LogP contribution in [0.5, 0.6) is 11.5 Å². The van der Waals surface area contributed by atoms with Crippen LogP contribution in [0.1, 0.15) is 74.6 Å². The van der Waals surface area contributed by atoms with Crippen molar-refractivity contribution >= 4 is 17.5 Å². The Labute approximate surface area is 148 Å². The van der Waals surface area contributed by atoms with Crippen molar-refractivity contribution in [3.8, 4) is 11.5 Å². The van der Waals surface area contributed by atoms with Crippen LogP contribution in [0, 0.1) is 0 Å². The van der Waals surface area contributed by atoms with Gasteiger partial charge >= 0.3 is 0 Å². The Morgan fingerprint density at radius 3 is 2.00 bits per heavy atom. The number of hydrogen-bond donors (Lipinski definition) is 1. The third-order valence-corrected chi connectivity index (χ3v) is 5.26. The van der Waals surface area contributed by atoms with Gasteiger partial charge in [-0.05, 0) is 63.5 Å². The molecule has 3 rings (SSSR count). The summed E-state index contributed by atoms with van der Waals surface area (Å²) in [5.74, 6) is 0.627. The summed E-state index contributed by atoms with van der Waals surface area (Å²) < 4.78 is 12.4. The van der Waals surface area contributed by atoms with Gasteiger partial charge in [-0.1, -0.05) is 24.4 Å². The van der Waals surface area contributed by atoms with Crippen molar-refractivity contribution < 1.29 is 14.3 Å². The standard InChI is InChI=1S/C19H26ClNO3/c20-16-11-13(19(21)22)12-17(23-14-7-3-1-4-8-14)18(16)24-15-9-5-2-6-10-15/h11-12,14-15H,1-10H2,(H2,21,22). The zero-order valence-electron chi connectivity index (χ0n) is 14.1. The largest absolute Gasteiger partial charge is 0.486 e. The molecule has 1 aromatic carbocycles. The van der Waals surface area contributed by atoms with Crippen molar-refractivity contribution in [2.24, 2.45) is 5.73 Å². The second kappa shape index (κ2) is 8.11.